The Bertz CT molecular complexity index is 224. The number of carbonyl (C=O) groups excluding carboxylic acids is 1. The zero-order chi connectivity index (χ0) is 13.9. The predicted molar refractivity (Wildman–Crippen MR) is 64.2 cm³/mol. The lowest BCUT2D eigenvalue weighted by Gasteiger charge is -2.34. The summed E-state index contributed by atoms with van der Waals surface area (Å²) in [6, 6.07) is 0. The van der Waals surface area contributed by atoms with E-state index < -0.39 is 11.9 Å². The van der Waals surface area contributed by atoms with Gasteiger partial charge in [-0.15, -0.1) is 0 Å². The summed E-state index contributed by atoms with van der Waals surface area (Å²) in [4.78, 5) is 19.0. The van der Waals surface area contributed by atoms with E-state index in [-0.39, 0.29) is 0 Å². The minimum absolute atomic E-state index is 0.447. The molecule has 0 heterocycles. The van der Waals surface area contributed by atoms with Gasteiger partial charge in [0.1, 0.15) is 0 Å². The highest BCUT2D eigenvalue weighted by Gasteiger charge is 2.16. The second-order valence-corrected chi connectivity index (χ2v) is 3.60. The van der Waals surface area contributed by atoms with Crippen LogP contribution in [0.15, 0.2) is 12.2 Å². The van der Waals surface area contributed by atoms with Gasteiger partial charge >= 0.3 is 5.97 Å². The van der Waals surface area contributed by atoms with Gasteiger partial charge in [-0.1, -0.05) is 0 Å². The van der Waals surface area contributed by atoms with Crippen molar-refractivity contribution < 1.29 is 24.3 Å². The molecule has 5 heteroatoms. The van der Waals surface area contributed by atoms with Crippen LogP contribution in [0.1, 0.15) is 27.7 Å². The van der Waals surface area contributed by atoms with Crippen LogP contribution in [0.2, 0.25) is 0 Å². The van der Waals surface area contributed by atoms with Crippen LogP contribution < -0.4 is 5.11 Å². The van der Waals surface area contributed by atoms with Crippen molar-refractivity contribution in [3.05, 3.63) is 12.2 Å². The first kappa shape index (κ1) is 18.0. The molecule has 17 heavy (non-hydrogen) atoms. The monoisotopic (exact) mass is 245 g/mol. The molecule has 0 aliphatic heterocycles. The maximum Gasteiger partial charge on any atom is 0.328 e. The van der Waals surface area contributed by atoms with Gasteiger partial charge in [-0.3, -0.25) is 0 Å². The molecule has 0 radical (unpaired) electrons. The lowest BCUT2D eigenvalue weighted by Crippen LogP contribution is -2.47. The van der Waals surface area contributed by atoms with E-state index in [9.17, 15) is 14.7 Å². The number of hydrogen-bond acceptors (Lipinski definition) is 3. The minimum atomic E-state index is -1.51. The van der Waals surface area contributed by atoms with Crippen molar-refractivity contribution in [1.82, 2.24) is 0 Å². The SMILES string of the molecule is CC[N+](CC)(CC)CC.O=C([O-])C=CC(=O)O. The summed E-state index contributed by atoms with van der Waals surface area (Å²) in [5.74, 6) is -2.80. The molecule has 0 aromatic heterocycles. The molecule has 100 valence electrons. The van der Waals surface area contributed by atoms with Crippen molar-refractivity contribution in [2.75, 3.05) is 26.2 Å². The molecule has 0 spiro atoms. The number of aliphatic carboxylic acids is 2. The van der Waals surface area contributed by atoms with Gasteiger partial charge in [-0.05, 0) is 33.8 Å². The summed E-state index contributed by atoms with van der Waals surface area (Å²) >= 11 is 0. The first-order chi connectivity index (χ1) is 7.87. The zero-order valence-corrected chi connectivity index (χ0v) is 11.1. The fraction of sp³-hybridized carbons (Fsp3) is 0.667. The Morgan fingerprint density at radius 3 is 1.41 bits per heavy atom. The Labute approximate surface area is 103 Å². The molecule has 0 unspecified atom stereocenters. The summed E-state index contributed by atoms with van der Waals surface area (Å²) in [5.41, 5.74) is 0. The number of carboxylic acid groups (broad SMARTS) is 2. The molecule has 0 saturated heterocycles. The van der Waals surface area contributed by atoms with Crippen LogP contribution in [-0.2, 0) is 9.59 Å². The van der Waals surface area contributed by atoms with Crippen LogP contribution in [0, 0.1) is 0 Å². The highest BCUT2D eigenvalue weighted by atomic mass is 16.4. The molecule has 0 aliphatic rings. The van der Waals surface area contributed by atoms with Crippen molar-refractivity contribution in [3.8, 4) is 0 Å². The predicted octanol–water partition coefficient (Wildman–Crippen LogP) is 0.260. The number of carbonyl (C=O) groups is 2. The van der Waals surface area contributed by atoms with Gasteiger partial charge in [-0.2, -0.15) is 0 Å². The van der Waals surface area contributed by atoms with Gasteiger partial charge in [0.05, 0.1) is 32.1 Å². The standard InChI is InChI=1S/C8H20N.C4H4O4/c1-5-9(6-2,7-3)8-4;5-3(6)1-2-4(7)8/h5-8H2,1-4H3;1-2H,(H,5,6)(H,7,8)/q+1;/p-1. The second-order valence-electron chi connectivity index (χ2n) is 3.60. The van der Waals surface area contributed by atoms with Crippen LogP contribution in [-0.4, -0.2) is 47.7 Å². The lowest BCUT2D eigenvalue weighted by atomic mass is 10.3. The second kappa shape index (κ2) is 9.84. The summed E-state index contributed by atoms with van der Waals surface area (Å²) in [7, 11) is 0. The van der Waals surface area contributed by atoms with E-state index in [1.54, 1.807) is 0 Å². The Morgan fingerprint density at radius 2 is 1.35 bits per heavy atom. The van der Waals surface area contributed by atoms with Gasteiger partial charge in [0.25, 0.3) is 0 Å². The van der Waals surface area contributed by atoms with Crippen LogP contribution in [0.25, 0.3) is 0 Å². The molecule has 0 aliphatic carbocycles. The molecule has 0 atom stereocenters. The Hall–Kier alpha value is -1.36. The van der Waals surface area contributed by atoms with E-state index in [1.807, 2.05) is 0 Å². The fourth-order valence-electron chi connectivity index (χ4n) is 1.48. The highest BCUT2D eigenvalue weighted by molar-refractivity contribution is 5.88. The lowest BCUT2D eigenvalue weighted by molar-refractivity contribution is -0.921. The van der Waals surface area contributed by atoms with Crippen molar-refractivity contribution in [2.24, 2.45) is 0 Å². The molecular weight excluding hydrogens is 222 g/mol. The molecule has 0 amide bonds. The molecule has 0 bridgehead atoms. The number of rotatable bonds is 6. The van der Waals surface area contributed by atoms with Crippen LogP contribution in [0.5, 0.6) is 0 Å². The Balaban J connectivity index is 0. The quantitative estimate of drug-likeness (QED) is 0.538. The van der Waals surface area contributed by atoms with E-state index in [1.165, 1.54) is 30.7 Å². The molecular formula is C12H23NO4. The first-order valence-corrected chi connectivity index (χ1v) is 5.84. The number of quaternary nitrogens is 1. The van der Waals surface area contributed by atoms with Crippen molar-refractivity contribution in [1.29, 1.82) is 0 Å². The van der Waals surface area contributed by atoms with E-state index in [2.05, 4.69) is 27.7 Å². The molecule has 0 rings (SSSR count). The van der Waals surface area contributed by atoms with Crippen LogP contribution in [0.3, 0.4) is 0 Å². The van der Waals surface area contributed by atoms with Gasteiger partial charge in [0.15, 0.2) is 0 Å². The van der Waals surface area contributed by atoms with E-state index in [4.69, 9.17) is 5.11 Å². The first-order valence-electron chi connectivity index (χ1n) is 5.84. The van der Waals surface area contributed by atoms with Crippen LogP contribution >= 0.6 is 0 Å². The molecule has 5 nitrogen and oxygen atoms in total. The fourth-order valence-corrected chi connectivity index (χ4v) is 1.48. The third kappa shape index (κ3) is 9.56. The van der Waals surface area contributed by atoms with E-state index in [0.29, 0.717) is 12.2 Å². The third-order valence-corrected chi connectivity index (χ3v) is 3.05. The average molecular weight is 245 g/mol. The molecule has 0 fully saturated rings. The van der Waals surface area contributed by atoms with Gasteiger partial charge in [-0.25, -0.2) is 4.79 Å². The van der Waals surface area contributed by atoms with Gasteiger partial charge in [0.2, 0.25) is 0 Å². The number of carboxylic acids is 2. The molecule has 0 aromatic carbocycles. The smallest absolute Gasteiger partial charge is 0.328 e. The summed E-state index contributed by atoms with van der Waals surface area (Å²) in [6.45, 7) is 14.2. The van der Waals surface area contributed by atoms with Crippen LogP contribution in [0.4, 0.5) is 0 Å². The summed E-state index contributed by atoms with van der Waals surface area (Å²) in [5, 5.41) is 17.2. The van der Waals surface area contributed by atoms with E-state index >= 15 is 0 Å². The van der Waals surface area contributed by atoms with E-state index in [0.717, 1.165) is 0 Å². The summed E-state index contributed by atoms with van der Waals surface area (Å²) < 4.78 is 1.28. The normalized spacial score (nSPS) is 10.8. The van der Waals surface area contributed by atoms with Gasteiger partial charge < -0.3 is 19.5 Å². The number of nitrogens with zero attached hydrogens (tertiary/aromatic N) is 1. The third-order valence-electron chi connectivity index (χ3n) is 3.05. The number of hydrogen-bond donors (Lipinski definition) is 1. The van der Waals surface area contributed by atoms with Gasteiger partial charge in [0, 0.05) is 6.08 Å². The van der Waals surface area contributed by atoms with Crippen molar-refractivity contribution >= 4 is 11.9 Å². The topological polar surface area (TPSA) is 77.4 Å². The Morgan fingerprint density at radius 1 is 1.00 bits per heavy atom. The van der Waals surface area contributed by atoms with Crippen molar-refractivity contribution in [3.63, 3.8) is 0 Å². The minimum Gasteiger partial charge on any atom is -0.545 e. The largest absolute Gasteiger partial charge is 0.545 e. The maximum absolute atomic E-state index is 9.53. The van der Waals surface area contributed by atoms with Crippen molar-refractivity contribution in [2.45, 2.75) is 27.7 Å². The molecule has 1 N–H and O–H groups in total. The molecule has 0 aromatic rings. The maximum atomic E-state index is 9.53. The summed E-state index contributed by atoms with van der Waals surface area (Å²) in [6.07, 6.45) is 0.942. The Kier molecular flexibility index (Phi) is 10.4. The highest BCUT2D eigenvalue weighted by Crippen LogP contribution is 2.03. The molecule has 0 saturated carbocycles. The zero-order valence-electron chi connectivity index (χ0n) is 11.1. The average Bonchev–Trinajstić information content (AvgIpc) is 2.31.